The van der Waals surface area contributed by atoms with Crippen LogP contribution in [0.15, 0.2) is 18.6 Å². The Morgan fingerprint density at radius 3 is 3.12 bits per heavy atom. The Morgan fingerprint density at radius 2 is 2.29 bits per heavy atom. The number of hydrogen-bond donors (Lipinski definition) is 2. The fraction of sp³-hybridized carbons (Fsp3) is 0.250. The summed E-state index contributed by atoms with van der Waals surface area (Å²) in [6, 6.07) is 0. The van der Waals surface area contributed by atoms with E-state index >= 15 is 0 Å². The predicted molar refractivity (Wildman–Crippen MR) is 64.1 cm³/mol. The van der Waals surface area contributed by atoms with E-state index in [4.69, 9.17) is 0 Å². The molecule has 5 nitrogen and oxygen atoms in total. The summed E-state index contributed by atoms with van der Waals surface area (Å²) in [4.78, 5) is 22.5. The average Bonchev–Trinajstić information content (AvgIpc) is 2.73. The Hall–Kier alpha value is -2.35. The van der Waals surface area contributed by atoms with Gasteiger partial charge in [-0.1, -0.05) is 5.92 Å². The van der Waals surface area contributed by atoms with Crippen molar-refractivity contribution in [1.29, 1.82) is 0 Å². The van der Waals surface area contributed by atoms with E-state index in [1.54, 1.807) is 19.3 Å². The van der Waals surface area contributed by atoms with Crippen molar-refractivity contribution in [3.8, 4) is 11.8 Å². The van der Waals surface area contributed by atoms with E-state index in [9.17, 15) is 4.79 Å². The lowest BCUT2D eigenvalue weighted by atomic mass is 10.2. The van der Waals surface area contributed by atoms with Crippen LogP contribution in [0.3, 0.4) is 0 Å². The van der Waals surface area contributed by atoms with Crippen LogP contribution in [-0.4, -0.2) is 27.4 Å². The number of nitrogens with one attached hydrogen (secondary N) is 2. The van der Waals surface area contributed by atoms with Gasteiger partial charge in [-0.05, 0) is 24.8 Å². The number of fused-ring (bicyclic) bond motifs is 1. The molecule has 0 saturated carbocycles. The molecule has 0 unspecified atom stereocenters. The summed E-state index contributed by atoms with van der Waals surface area (Å²) in [7, 11) is 0. The summed E-state index contributed by atoms with van der Waals surface area (Å²) >= 11 is 0. The largest absolute Gasteiger partial charge is 0.345 e. The van der Waals surface area contributed by atoms with Crippen LogP contribution in [0.4, 0.5) is 0 Å². The highest BCUT2D eigenvalue weighted by Crippen LogP contribution is 2.12. The number of aromatic amines is 1. The zero-order chi connectivity index (χ0) is 12.1. The lowest BCUT2D eigenvalue weighted by Crippen LogP contribution is -2.23. The first-order chi connectivity index (χ1) is 8.31. The third-order valence-electron chi connectivity index (χ3n) is 2.30. The lowest BCUT2D eigenvalue weighted by molar-refractivity contribution is -0.115. The van der Waals surface area contributed by atoms with E-state index in [1.165, 1.54) is 0 Å². The van der Waals surface area contributed by atoms with Crippen LogP contribution in [0.2, 0.25) is 0 Å². The van der Waals surface area contributed by atoms with Gasteiger partial charge >= 0.3 is 0 Å². The van der Waals surface area contributed by atoms with E-state index in [2.05, 4.69) is 32.1 Å². The number of hydrogen-bond acceptors (Lipinski definition) is 3. The molecule has 5 heteroatoms. The fourth-order valence-corrected chi connectivity index (χ4v) is 1.56. The van der Waals surface area contributed by atoms with Gasteiger partial charge < -0.3 is 10.3 Å². The van der Waals surface area contributed by atoms with Crippen LogP contribution in [0.5, 0.6) is 0 Å². The first-order valence-corrected chi connectivity index (χ1v) is 5.29. The molecule has 2 aromatic rings. The average molecular weight is 228 g/mol. The van der Waals surface area contributed by atoms with Crippen molar-refractivity contribution in [3.05, 3.63) is 24.2 Å². The summed E-state index contributed by atoms with van der Waals surface area (Å²) in [5, 5.41) is 2.71. The molecule has 0 bridgehead atoms. The molecule has 2 heterocycles. The maximum Gasteiger partial charge on any atom is 0.295 e. The van der Waals surface area contributed by atoms with Crippen molar-refractivity contribution in [3.63, 3.8) is 0 Å². The molecule has 0 atom stereocenters. The maximum absolute atomic E-state index is 11.1. The van der Waals surface area contributed by atoms with E-state index < -0.39 is 0 Å². The molecule has 0 radical (unpaired) electrons. The van der Waals surface area contributed by atoms with E-state index in [0.717, 1.165) is 16.7 Å². The van der Waals surface area contributed by atoms with Gasteiger partial charge in [0.1, 0.15) is 5.52 Å². The summed E-state index contributed by atoms with van der Waals surface area (Å²) in [6.45, 7) is 2.17. The van der Waals surface area contributed by atoms with E-state index in [0.29, 0.717) is 13.0 Å². The van der Waals surface area contributed by atoms with E-state index in [-0.39, 0.29) is 5.91 Å². The number of carbonyl (C=O) groups excluding carboxylic acids is 1. The number of H-pyrrole nitrogens is 1. The molecule has 0 aliphatic carbocycles. The number of rotatable bonds is 3. The Bertz CT molecular complexity index is 591. The Labute approximate surface area is 98.7 Å². The van der Waals surface area contributed by atoms with Gasteiger partial charge in [0, 0.05) is 25.1 Å². The molecule has 0 saturated heterocycles. The van der Waals surface area contributed by atoms with Crippen molar-refractivity contribution >= 4 is 17.1 Å². The van der Waals surface area contributed by atoms with Gasteiger partial charge in [-0.2, -0.15) is 0 Å². The highest BCUT2D eigenvalue weighted by Gasteiger charge is 2.05. The number of nitrogens with zero attached hydrogens (tertiary/aromatic N) is 2. The van der Waals surface area contributed by atoms with Crippen molar-refractivity contribution in [2.75, 3.05) is 6.54 Å². The molecule has 0 spiro atoms. The second-order valence-corrected chi connectivity index (χ2v) is 3.45. The first-order valence-electron chi connectivity index (χ1n) is 5.29. The summed E-state index contributed by atoms with van der Waals surface area (Å²) in [5.41, 5.74) is 2.66. The molecule has 2 rings (SSSR count). The molecule has 1 amide bonds. The summed E-state index contributed by atoms with van der Waals surface area (Å²) in [6.07, 6.45) is 5.86. The molecule has 0 aliphatic rings. The third-order valence-corrected chi connectivity index (χ3v) is 2.30. The normalized spacial score (nSPS) is 9.71. The number of aromatic nitrogens is 3. The minimum absolute atomic E-state index is 0.251. The monoisotopic (exact) mass is 228 g/mol. The highest BCUT2D eigenvalue weighted by molar-refractivity contribution is 5.93. The summed E-state index contributed by atoms with van der Waals surface area (Å²) < 4.78 is 0. The van der Waals surface area contributed by atoms with Crippen LogP contribution in [0, 0.1) is 11.8 Å². The van der Waals surface area contributed by atoms with Crippen molar-refractivity contribution < 1.29 is 4.79 Å². The van der Waals surface area contributed by atoms with Crippen LogP contribution in [-0.2, 0) is 11.2 Å². The molecule has 17 heavy (non-hydrogen) atoms. The van der Waals surface area contributed by atoms with Gasteiger partial charge in [0.2, 0.25) is 0 Å². The second kappa shape index (κ2) is 5.12. The highest BCUT2D eigenvalue weighted by atomic mass is 16.1. The summed E-state index contributed by atoms with van der Waals surface area (Å²) in [5.74, 6) is 4.73. The quantitative estimate of drug-likeness (QED) is 0.757. The van der Waals surface area contributed by atoms with E-state index in [1.807, 2.05) is 6.20 Å². The predicted octanol–water partition coefficient (Wildman–Crippen LogP) is 0.640. The lowest BCUT2D eigenvalue weighted by Gasteiger charge is -1.99. The van der Waals surface area contributed by atoms with Gasteiger partial charge in [-0.15, -0.1) is 0 Å². The van der Waals surface area contributed by atoms with Crippen molar-refractivity contribution in [2.24, 2.45) is 0 Å². The zero-order valence-corrected chi connectivity index (χ0v) is 9.45. The SMILES string of the molecule is CC#CC(=O)NCCc1c[nH]c2nccnc12. The van der Waals surface area contributed by atoms with Gasteiger partial charge in [0.25, 0.3) is 5.91 Å². The fourth-order valence-electron chi connectivity index (χ4n) is 1.56. The van der Waals surface area contributed by atoms with Crippen LogP contribution in [0.25, 0.3) is 11.2 Å². The minimum atomic E-state index is -0.251. The number of carbonyl (C=O) groups is 1. The zero-order valence-electron chi connectivity index (χ0n) is 9.45. The molecule has 2 aromatic heterocycles. The van der Waals surface area contributed by atoms with Gasteiger partial charge in [-0.3, -0.25) is 9.78 Å². The molecule has 86 valence electrons. The molecular formula is C12H12N4O. The van der Waals surface area contributed by atoms with Gasteiger partial charge in [0.15, 0.2) is 5.65 Å². The van der Waals surface area contributed by atoms with Gasteiger partial charge in [-0.25, -0.2) is 4.98 Å². The van der Waals surface area contributed by atoms with Crippen LogP contribution in [0.1, 0.15) is 12.5 Å². The minimum Gasteiger partial charge on any atom is -0.345 e. The maximum atomic E-state index is 11.1. The first kappa shape index (κ1) is 11.1. The number of amides is 1. The Kier molecular flexibility index (Phi) is 3.36. The molecule has 0 aliphatic heterocycles. The van der Waals surface area contributed by atoms with Crippen molar-refractivity contribution in [1.82, 2.24) is 20.3 Å². The molecule has 0 fully saturated rings. The smallest absolute Gasteiger partial charge is 0.295 e. The Balaban J connectivity index is 1.99. The standard InChI is InChI=1S/C12H12N4O/c1-2-3-10(17)13-5-4-9-8-16-12-11(9)14-6-7-15-12/h6-8H,4-5H2,1H3,(H,13,17)(H,15,16). The molecule has 0 aromatic carbocycles. The van der Waals surface area contributed by atoms with Crippen molar-refractivity contribution in [2.45, 2.75) is 13.3 Å². The van der Waals surface area contributed by atoms with Crippen LogP contribution < -0.4 is 5.32 Å². The molecule has 2 N–H and O–H groups in total. The molecular weight excluding hydrogens is 216 g/mol. The van der Waals surface area contributed by atoms with Gasteiger partial charge in [0.05, 0.1) is 0 Å². The second-order valence-electron chi connectivity index (χ2n) is 3.45. The van der Waals surface area contributed by atoms with Crippen LogP contribution >= 0.6 is 0 Å². The third kappa shape index (κ3) is 2.61. The Morgan fingerprint density at radius 1 is 1.47 bits per heavy atom. The topological polar surface area (TPSA) is 70.7 Å².